The zero-order valence-electron chi connectivity index (χ0n) is 10.6. The highest BCUT2D eigenvalue weighted by molar-refractivity contribution is 9.10. The van der Waals surface area contributed by atoms with Gasteiger partial charge in [0.1, 0.15) is 6.04 Å². The van der Waals surface area contributed by atoms with Crippen molar-refractivity contribution >= 4 is 27.5 Å². The van der Waals surface area contributed by atoms with Gasteiger partial charge in [-0.05, 0) is 30.2 Å². The molecule has 1 amide bonds. The molecule has 0 heterocycles. The monoisotopic (exact) mass is 318 g/mol. The molecular weight excluding hydrogens is 304 g/mol. The molecule has 0 fully saturated rings. The van der Waals surface area contributed by atoms with Crippen molar-refractivity contribution in [1.29, 1.82) is 0 Å². The summed E-state index contributed by atoms with van der Waals surface area (Å²) in [6.45, 7) is 1.99. The molecule has 0 radical (unpaired) electrons. The molecule has 0 aliphatic carbocycles. The molecule has 0 aliphatic rings. The molecule has 0 saturated heterocycles. The first kappa shape index (κ1) is 13.8. The van der Waals surface area contributed by atoms with E-state index in [9.17, 15) is 4.79 Å². The van der Waals surface area contributed by atoms with Gasteiger partial charge in [0, 0.05) is 10.2 Å². The van der Waals surface area contributed by atoms with E-state index < -0.39 is 6.04 Å². The molecule has 4 heteroatoms. The highest BCUT2D eigenvalue weighted by atomic mass is 79.9. The Bertz CT molecular complexity index is 584. The highest BCUT2D eigenvalue weighted by Crippen LogP contribution is 2.21. The number of carbonyl (C=O) groups excluding carboxylic acids is 1. The van der Waals surface area contributed by atoms with Crippen LogP contribution in [0, 0.1) is 6.92 Å². The third-order valence-electron chi connectivity index (χ3n) is 2.88. The molecule has 0 aromatic heterocycles. The largest absolute Gasteiger partial charge is 0.324 e. The normalized spacial score (nSPS) is 11.9. The molecule has 2 aromatic rings. The first-order chi connectivity index (χ1) is 9.08. The predicted molar refractivity (Wildman–Crippen MR) is 80.9 cm³/mol. The molecule has 98 valence electrons. The molecule has 0 spiro atoms. The second kappa shape index (κ2) is 5.99. The van der Waals surface area contributed by atoms with Crippen molar-refractivity contribution in [3.63, 3.8) is 0 Å². The van der Waals surface area contributed by atoms with Crippen molar-refractivity contribution in [3.8, 4) is 0 Å². The summed E-state index contributed by atoms with van der Waals surface area (Å²) in [7, 11) is 0. The summed E-state index contributed by atoms with van der Waals surface area (Å²) in [5.41, 5.74) is 8.57. The summed E-state index contributed by atoms with van der Waals surface area (Å²) in [6, 6.07) is 14.3. The number of nitrogens with two attached hydrogens (primary N) is 1. The van der Waals surface area contributed by atoms with Crippen molar-refractivity contribution in [1.82, 2.24) is 0 Å². The number of carbonyl (C=O) groups is 1. The van der Waals surface area contributed by atoms with Gasteiger partial charge in [0.05, 0.1) is 0 Å². The molecule has 2 aromatic carbocycles. The van der Waals surface area contributed by atoms with Gasteiger partial charge in [-0.25, -0.2) is 0 Å². The third-order valence-corrected chi connectivity index (χ3v) is 3.73. The van der Waals surface area contributed by atoms with Gasteiger partial charge < -0.3 is 11.1 Å². The fraction of sp³-hybridized carbons (Fsp3) is 0.133. The Morgan fingerprint density at radius 2 is 1.89 bits per heavy atom. The lowest BCUT2D eigenvalue weighted by Gasteiger charge is -2.13. The molecule has 0 unspecified atom stereocenters. The quantitative estimate of drug-likeness (QED) is 0.911. The van der Waals surface area contributed by atoms with Crippen LogP contribution < -0.4 is 11.1 Å². The van der Waals surface area contributed by atoms with Crippen LogP contribution in [0.25, 0.3) is 0 Å². The second-order valence-corrected chi connectivity index (χ2v) is 5.20. The Hall–Kier alpha value is -1.65. The summed E-state index contributed by atoms with van der Waals surface area (Å²) >= 11 is 3.44. The number of halogens is 1. The summed E-state index contributed by atoms with van der Waals surface area (Å²) < 4.78 is 0.957. The van der Waals surface area contributed by atoms with Crippen LogP contribution in [0.4, 0.5) is 5.69 Å². The van der Waals surface area contributed by atoms with Crippen molar-refractivity contribution in [2.75, 3.05) is 5.32 Å². The highest BCUT2D eigenvalue weighted by Gasteiger charge is 2.15. The van der Waals surface area contributed by atoms with Crippen molar-refractivity contribution < 1.29 is 4.79 Å². The lowest BCUT2D eigenvalue weighted by molar-refractivity contribution is -0.117. The van der Waals surface area contributed by atoms with E-state index in [0.717, 1.165) is 21.3 Å². The summed E-state index contributed by atoms with van der Waals surface area (Å²) in [4.78, 5) is 12.1. The Kier molecular flexibility index (Phi) is 4.35. The van der Waals surface area contributed by atoms with Crippen LogP contribution in [0.5, 0.6) is 0 Å². The number of rotatable bonds is 3. The van der Waals surface area contributed by atoms with Gasteiger partial charge >= 0.3 is 0 Å². The van der Waals surface area contributed by atoms with Crippen LogP contribution >= 0.6 is 15.9 Å². The van der Waals surface area contributed by atoms with Gasteiger partial charge in [-0.3, -0.25) is 4.79 Å². The first-order valence-corrected chi connectivity index (χ1v) is 6.75. The SMILES string of the molecule is Cc1ccc(NC(=O)[C@@H](N)c2ccccc2)cc1Br. The maximum atomic E-state index is 12.1. The average molecular weight is 319 g/mol. The van der Waals surface area contributed by atoms with E-state index in [0.29, 0.717) is 0 Å². The average Bonchev–Trinajstić information content (AvgIpc) is 2.43. The topological polar surface area (TPSA) is 55.1 Å². The van der Waals surface area contributed by atoms with Gasteiger partial charge in [-0.15, -0.1) is 0 Å². The number of amides is 1. The lowest BCUT2D eigenvalue weighted by Crippen LogP contribution is -2.27. The van der Waals surface area contributed by atoms with E-state index in [1.807, 2.05) is 55.5 Å². The summed E-state index contributed by atoms with van der Waals surface area (Å²) in [5.74, 6) is -0.220. The molecule has 0 bridgehead atoms. The van der Waals surface area contributed by atoms with Crippen LogP contribution in [0.3, 0.4) is 0 Å². The van der Waals surface area contributed by atoms with Crippen molar-refractivity contribution in [2.24, 2.45) is 5.73 Å². The van der Waals surface area contributed by atoms with E-state index in [2.05, 4.69) is 21.2 Å². The van der Waals surface area contributed by atoms with Crippen LogP contribution in [0.1, 0.15) is 17.2 Å². The van der Waals surface area contributed by atoms with E-state index in [1.165, 1.54) is 0 Å². The van der Waals surface area contributed by atoms with Gasteiger partial charge in [0.25, 0.3) is 0 Å². The zero-order chi connectivity index (χ0) is 13.8. The van der Waals surface area contributed by atoms with Gasteiger partial charge in [0.15, 0.2) is 0 Å². The number of benzene rings is 2. The number of hydrogen-bond acceptors (Lipinski definition) is 2. The van der Waals surface area contributed by atoms with Crippen molar-refractivity contribution in [3.05, 3.63) is 64.1 Å². The van der Waals surface area contributed by atoms with E-state index in [-0.39, 0.29) is 5.91 Å². The molecule has 3 N–H and O–H groups in total. The van der Waals surface area contributed by atoms with Crippen LogP contribution in [-0.2, 0) is 4.79 Å². The first-order valence-electron chi connectivity index (χ1n) is 5.95. The number of hydrogen-bond donors (Lipinski definition) is 2. The lowest BCUT2D eigenvalue weighted by atomic mass is 10.1. The summed E-state index contributed by atoms with van der Waals surface area (Å²) in [5, 5.41) is 2.81. The smallest absolute Gasteiger partial charge is 0.245 e. The Labute approximate surface area is 121 Å². The van der Waals surface area contributed by atoms with Crippen molar-refractivity contribution in [2.45, 2.75) is 13.0 Å². The Morgan fingerprint density at radius 3 is 2.53 bits per heavy atom. The second-order valence-electron chi connectivity index (χ2n) is 4.34. The maximum Gasteiger partial charge on any atom is 0.245 e. The Balaban J connectivity index is 2.10. The van der Waals surface area contributed by atoms with E-state index in [1.54, 1.807) is 0 Å². The summed E-state index contributed by atoms with van der Waals surface area (Å²) in [6.07, 6.45) is 0. The molecule has 2 rings (SSSR count). The number of anilines is 1. The van der Waals surface area contributed by atoms with E-state index in [4.69, 9.17) is 5.73 Å². The molecule has 0 saturated carbocycles. The fourth-order valence-corrected chi connectivity index (χ4v) is 2.08. The van der Waals surface area contributed by atoms with Crippen LogP contribution in [-0.4, -0.2) is 5.91 Å². The van der Waals surface area contributed by atoms with E-state index >= 15 is 0 Å². The maximum absolute atomic E-state index is 12.1. The van der Waals surface area contributed by atoms with Gasteiger partial charge in [-0.1, -0.05) is 52.3 Å². The molecular formula is C15H15BrN2O. The van der Waals surface area contributed by atoms with Gasteiger partial charge in [-0.2, -0.15) is 0 Å². The molecule has 19 heavy (non-hydrogen) atoms. The zero-order valence-corrected chi connectivity index (χ0v) is 12.1. The molecule has 0 aliphatic heterocycles. The molecule has 3 nitrogen and oxygen atoms in total. The Morgan fingerprint density at radius 1 is 1.21 bits per heavy atom. The molecule has 1 atom stereocenters. The number of aryl methyl sites for hydroxylation is 1. The minimum Gasteiger partial charge on any atom is -0.324 e. The fourth-order valence-electron chi connectivity index (χ4n) is 1.70. The van der Waals surface area contributed by atoms with Gasteiger partial charge in [0.2, 0.25) is 5.91 Å². The minimum atomic E-state index is -0.665. The van der Waals surface area contributed by atoms with Crippen LogP contribution in [0.15, 0.2) is 53.0 Å². The minimum absolute atomic E-state index is 0.220. The predicted octanol–water partition coefficient (Wildman–Crippen LogP) is 3.40. The van der Waals surface area contributed by atoms with Crippen LogP contribution in [0.2, 0.25) is 0 Å². The standard InChI is InChI=1S/C15H15BrN2O/c1-10-7-8-12(9-13(10)16)18-15(19)14(17)11-5-3-2-4-6-11/h2-9,14H,17H2,1H3,(H,18,19)/t14-/m0/s1. The third kappa shape index (κ3) is 3.43. The number of nitrogens with one attached hydrogen (secondary N) is 1.